The molecule has 0 amide bonds. The molecule has 5 heteroatoms. The minimum absolute atomic E-state index is 0.367. The van der Waals surface area contributed by atoms with Crippen molar-refractivity contribution in [3.63, 3.8) is 0 Å². The topological polar surface area (TPSA) is 43.8 Å². The number of aromatic nitrogens is 2. The lowest BCUT2D eigenvalue weighted by molar-refractivity contribution is 0.351. The average Bonchev–Trinajstić information content (AvgIpc) is 2.90. The molecule has 3 aromatic rings. The molecule has 3 nitrogen and oxygen atoms in total. The normalized spacial score (nSPS) is 20.3. The standard InChI is InChI=1S/C19H19Cl2N3/c1-2-19-23-17-9-15(20)16(21)10-18(17)24(19)14-5-3-11(4-6-14)12-7-13(22)8-12/h3-6,9-10,12-13H,2,7-8,22H2,1H3. The summed E-state index contributed by atoms with van der Waals surface area (Å²) >= 11 is 12.4. The van der Waals surface area contributed by atoms with Crippen molar-refractivity contribution < 1.29 is 0 Å². The Labute approximate surface area is 151 Å². The second-order valence-corrected chi connectivity index (χ2v) is 7.31. The smallest absolute Gasteiger partial charge is 0.114 e. The lowest BCUT2D eigenvalue weighted by Crippen LogP contribution is -2.34. The highest BCUT2D eigenvalue weighted by molar-refractivity contribution is 6.42. The van der Waals surface area contributed by atoms with Gasteiger partial charge >= 0.3 is 0 Å². The summed E-state index contributed by atoms with van der Waals surface area (Å²) in [6.45, 7) is 2.10. The van der Waals surface area contributed by atoms with Crippen molar-refractivity contribution in [2.75, 3.05) is 0 Å². The highest BCUT2D eigenvalue weighted by Gasteiger charge is 2.27. The van der Waals surface area contributed by atoms with E-state index in [9.17, 15) is 0 Å². The van der Waals surface area contributed by atoms with Gasteiger partial charge in [0.25, 0.3) is 0 Å². The summed E-state index contributed by atoms with van der Waals surface area (Å²) in [5.41, 5.74) is 10.2. The van der Waals surface area contributed by atoms with Gasteiger partial charge in [0, 0.05) is 18.2 Å². The third kappa shape index (κ3) is 2.61. The number of aryl methyl sites for hydroxylation is 1. The van der Waals surface area contributed by atoms with Crippen LogP contribution < -0.4 is 5.73 Å². The van der Waals surface area contributed by atoms with Crippen molar-refractivity contribution in [3.8, 4) is 5.69 Å². The fourth-order valence-electron chi connectivity index (χ4n) is 3.48. The summed E-state index contributed by atoms with van der Waals surface area (Å²) in [4.78, 5) is 4.71. The van der Waals surface area contributed by atoms with E-state index in [1.807, 2.05) is 12.1 Å². The molecule has 1 fully saturated rings. The van der Waals surface area contributed by atoms with Crippen LogP contribution in [0.4, 0.5) is 0 Å². The van der Waals surface area contributed by atoms with Gasteiger partial charge in [0.2, 0.25) is 0 Å². The van der Waals surface area contributed by atoms with E-state index in [1.165, 1.54) is 5.56 Å². The van der Waals surface area contributed by atoms with Crippen molar-refractivity contribution >= 4 is 34.2 Å². The monoisotopic (exact) mass is 359 g/mol. The van der Waals surface area contributed by atoms with E-state index in [4.69, 9.17) is 33.9 Å². The van der Waals surface area contributed by atoms with Gasteiger partial charge in [0.1, 0.15) is 5.82 Å². The second kappa shape index (κ2) is 6.07. The van der Waals surface area contributed by atoms with Gasteiger partial charge in [-0.15, -0.1) is 0 Å². The molecule has 0 atom stereocenters. The highest BCUT2D eigenvalue weighted by atomic mass is 35.5. The number of hydrogen-bond acceptors (Lipinski definition) is 2. The second-order valence-electron chi connectivity index (χ2n) is 6.49. The van der Waals surface area contributed by atoms with Crippen LogP contribution in [-0.2, 0) is 6.42 Å². The van der Waals surface area contributed by atoms with Crippen LogP contribution in [0.2, 0.25) is 10.0 Å². The highest BCUT2D eigenvalue weighted by Crippen LogP contribution is 2.36. The zero-order valence-electron chi connectivity index (χ0n) is 13.5. The molecule has 2 N–H and O–H groups in total. The molecule has 0 unspecified atom stereocenters. The molecule has 0 saturated heterocycles. The predicted molar refractivity (Wildman–Crippen MR) is 100 cm³/mol. The van der Waals surface area contributed by atoms with Crippen LogP contribution >= 0.6 is 23.2 Å². The minimum atomic E-state index is 0.367. The molecule has 0 spiro atoms. The minimum Gasteiger partial charge on any atom is -0.328 e. The zero-order valence-corrected chi connectivity index (χ0v) is 15.0. The Kier molecular flexibility index (Phi) is 4.03. The molecular formula is C19H19Cl2N3. The Bertz CT molecular complexity index is 893. The third-order valence-electron chi connectivity index (χ3n) is 4.88. The first-order valence-electron chi connectivity index (χ1n) is 8.29. The van der Waals surface area contributed by atoms with Gasteiger partial charge in [-0.3, -0.25) is 4.57 Å². The molecule has 124 valence electrons. The van der Waals surface area contributed by atoms with E-state index in [2.05, 4.69) is 35.8 Å². The van der Waals surface area contributed by atoms with Crippen molar-refractivity contribution in [2.45, 2.75) is 38.1 Å². The average molecular weight is 360 g/mol. The van der Waals surface area contributed by atoms with E-state index < -0.39 is 0 Å². The molecule has 1 aromatic heterocycles. The van der Waals surface area contributed by atoms with Crippen LogP contribution in [0.25, 0.3) is 16.7 Å². The maximum atomic E-state index is 6.22. The van der Waals surface area contributed by atoms with Gasteiger partial charge in [-0.2, -0.15) is 0 Å². The van der Waals surface area contributed by atoms with Crippen molar-refractivity contribution in [3.05, 3.63) is 57.8 Å². The summed E-state index contributed by atoms with van der Waals surface area (Å²) in [6.07, 6.45) is 3.01. The Hall–Kier alpha value is -1.55. The first-order chi connectivity index (χ1) is 11.6. The Morgan fingerprint density at radius 2 is 1.79 bits per heavy atom. The number of benzene rings is 2. The van der Waals surface area contributed by atoms with Gasteiger partial charge in [0.15, 0.2) is 0 Å². The number of halogens is 2. The zero-order chi connectivity index (χ0) is 16.8. The maximum Gasteiger partial charge on any atom is 0.114 e. The summed E-state index contributed by atoms with van der Waals surface area (Å²) in [5.74, 6) is 1.61. The molecule has 0 bridgehead atoms. The molecule has 4 rings (SSSR count). The molecule has 1 saturated carbocycles. The fourth-order valence-corrected chi connectivity index (χ4v) is 3.79. The van der Waals surface area contributed by atoms with E-state index in [0.29, 0.717) is 22.0 Å². The van der Waals surface area contributed by atoms with Crippen LogP contribution in [0, 0.1) is 0 Å². The quantitative estimate of drug-likeness (QED) is 0.706. The summed E-state index contributed by atoms with van der Waals surface area (Å²) < 4.78 is 2.16. The SMILES string of the molecule is CCc1nc2cc(Cl)c(Cl)cc2n1-c1ccc(C2CC(N)C2)cc1. The molecule has 1 aliphatic rings. The molecule has 0 aliphatic heterocycles. The van der Waals surface area contributed by atoms with E-state index in [0.717, 1.165) is 41.8 Å². The van der Waals surface area contributed by atoms with Crippen LogP contribution in [0.15, 0.2) is 36.4 Å². The number of rotatable bonds is 3. The van der Waals surface area contributed by atoms with Gasteiger partial charge in [-0.1, -0.05) is 42.3 Å². The van der Waals surface area contributed by atoms with Gasteiger partial charge < -0.3 is 5.73 Å². The van der Waals surface area contributed by atoms with Crippen LogP contribution in [0.1, 0.15) is 37.1 Å². The molecular weight excluding hydrogens is 341 g/mol. The number of nitrogens with zero attached hydrogens (tertiary/aromatic N) is 2. The van der Waals surface area contributed by atoms with E-state index >= 15 is 0 Å². The first kappa shape index (κ1) is 15.9. The number of hydrogen-bond donors (Lipinski definition) is 1. The van der Waals surface area contributed by atoms with E-state index in [-0.39, 0.29) is 0 Å². The predicted octanol–water partition coefficient (Wildman–Crippen LogP) is 5.10. The third-order valence-corrected chi connectivity index (χ3v) is 5.60. The summed E-state index contributed by atoms with van der Waals surface area (Å²) in [6, 6.07) is 12.8. The lowest BCUT2D eigenvalue weighted by atomic mass is 9.76. The van der Waals surface area contributed by atoms with Crippen molar-refractivity contribution in [2.24, 2.45) is 5.73 Å². The summed E-state index contributed by atoms with van der Waals surface area (Å²) in [5, 5.41) is 1.08. The summed E-state index contributed by atoms with van der Waals surface area (Å²) in [7, 11) is 0. The number of imidazole rings is 1. The number of fused-ring (bicyclic) bond motifs is 1. The molecule has 1 heterocycles. The van der Waals surface area contributed by atoms with Crippen LogP contribution in [0.5, 0.6) is 0 Å². The molecule has 24 heavy (non-hydrogen) atoms. The van der Waals surface area contributed by atoms with Gasteiger partial charge in [-0.25, -0.2) is 4.98 Å². The van der Waals surface area contributed by atoms with Crippen LogP contribution in [0.3, 0.4) is 0 Å². The Morgan fingerprint density at radius 1 is 1.12 bits per heavy atom. The fraction of sp³-hybridized carbons (Fsp3) is 0.316. The van der Waals surface area contributed by atoms with Crippen molar-refractivity contribution in [1.82, 2.24) is 9.55 Å². The molecule has 0 radical (unpaired) electrons. The first-order valence-corrected chi connectivity index (χ1v) is 9.04. The Balaban J connectivity index is 1.79. The molecule has 2 aromatic carbocycles. The van der Waals surface area contributed by atoms with Crippen LogP contribution in [-0.4, -0.2) is 15.6 Å². The van der Waals surface area contributed by atoms with E-state index in [1.54, 1.807) is 0 Å². The van der Waals surface area contributed by atoms with Gasteiger partial charge in [-0.05, 0) is 48.6 Å². The molecule has 1 aliphatic carbocycles. The number of nitrogens with two attached hydrogens (primary N) is 1. The van der Waals surface area contributed by atoms with Gasteiger partial charge in [0.05, 0.1) is 21.1 Å². The lowest BCUT2D eigenvalue weighted by Gasteiger charge is -2.32. The van der Waals surface area contributed by atoms with Crippen molar-refractivity contribution in [1.29, 1.82) is 0 Å². The maximum absolute atomic E-state index is 6.22. The largest absolute Gasteiger partial charge is 0.328 e. The Morgan fingerprint density at radius 3 is 2.42 bits per heavy atom.